The molecule has 0 spiro atoms. The molecule has 1 aliphatic heterocycles. The number of nitrogens with one attached hydrogen (secondary N) is 1. The highest BCUT2D eigenvalue weighted by Gasteiger charge is 2.20. The first-order valence-electron chi connectivity index (χ1n) is 5.42. The average Bonchev–Trinajstić information content (AvgIpc) is 2.32. The maximum atomic E-state index is 11.9. The van der Waals surface area contributed by atoms with Crippen LogP contribution >= 0.6 is 11.6 Å². The molecule has 1 amide bonds. The van der Waals surface area contributed by atoms with Crippen molar-refractivity contribution in [2.45, 2.75) is 18.9 Å². The van der Waals surface area contributed by atoms with Crippen LogP contribution in [-0.2, 0) is 10.8 Å². The van der Waals surface area contributed by atoms with Crippen LogP contribution in [0.4, 0.5) is 0 Å². The molecular weight excluding hydrogens is 260 g/mol. The summed E-state index contributed by atoms with van der Waals surface area (Å²) >= 11 is 5.89. The Hall–Kier alpha value is -0.940. The maximum Gasteiger partial charge on any atom is 0.253 e. The van der Waals surface area contributed by atoms with E-state index in [0.29, 0.717) is 22.1 Å². The zero-order valence-electron chi connectivity index (χ0n) is 9.19. The molecule has 1 N–H and O–H groups in total. The van der Waals surface area contributed by atoms with E-state index in [4.69, 9.17) is 11.6 Å². The summed E-state index contributed by atoms with van der Waals surface area (Å²) in [6, 6.07) is 1.70. The van der Waals surface area contributed by atoms with Gasteiger partial charge in [0.05, 0.1) is 10.6 Å². The van der Waals surface area contributed by atoms with Crippen LogP contribution in [-0.4, -0.2) is 32.6 Å². The highest BCUT2D eigenvalue weighted by molar-refractivity contribution is 7.85. The van der Waals surface area contributed by atoms with Gasteiger partial charge in [-0.25, -0.2) is 0 Å². The molecule has 17 heavy (non-hydrogen) atoms. The molecule has 0 aromatic carbocycles. The highest BCUT2D eigenvalue weighted by Crippen LogP contribution is 2.15. The van der Waals surface area contributed by atoms with Crippen LogP contribution in [0.25, 0.3) is 0 Å². The lowest BCUT2D eigenvalue weighted by molar-refractivity contribution is 0.0934. The number of halogens is 1. The lowest BCUT2D eigenvalue weighted by Crippen LogP contribution is -2.39. The molecule has 1 aliphatic rings. The fraction of sp³-hybridized carbons (Fsp3) is 0.455. The molecule has 0 aliphatic carbocycles. The maximum absolute atomic E-state index is 11.9. The lowest BCUT2D eigenvalue weighted by Gasteiger charge is -2.22. The standard InChI is InChI=1S/C11H13ClN2O2S/c12-10-7-13-4-1-9(10)11(15)14-8-2-5-17(16)6-3-8/h1,4,7-8H,2-3,5-6H2,(H,14,15). The molecule has 1 saturated heterocycles. The molecule has 0 atom stereocenters. The van der Waals surface area contributed by atoms with E-state index in [0.717, 1.165) is 12.8 Å². The summed E-state index contributed by atoms with van der Waals surface area (Å²) in [5.74, 6) is 1.14. The van der Waals surface area contributed by atoms with Gasteiger partial charge in [0.1, 0.15) is 0 Å². The highest BCUT2D eigenvalue weighted by atomic mass is 35.5. The monoisotopic (exact) mass is 272 g/mol. The molecule has 2 heterocycles. The first-order chi connectivity index (χ1) is 8.16. The molecule has 1 aromatic rings. The van der Waals surface area contributed by atoms with Crippen molar-refractivity contribution >= 4 is 28.3 Å². The Kier molecular flexibility index (Phi) is 4.12. The van der Waals surface area contributed by atoms with Gasteiger partial charge < -0.3 is 5.32 Å². The van der Waals surface area contributed by atoms with Gasteiger partial charge in [-0.2, -0.15) is 0 Å². The molecular formula is C11H13ClN2O2S. The third-order valence-electron chi connectivity index (χ3n) is 2.74. The van der Waals surface area contributed by atoms with E-state index >= 15 is 0 Å². The Morgan fingerprint density at radius 3 is 2.82 bits per heavy atom. The topological polar surface area (TPSA) is 59.1 Å². The van der Waals surface area contributed by atoms with Crippen LogP contribution in [0.2, 0.25) is 5.02 Å². The molecule has 92 valence electrons. The van der Waals surface area contributed by atoms with Gasteiger partial charge in [-0.1, -0.05) is 11.6 Å². The van der Waals surface area contributed by atoms with Gasteiger partial charge in [0.15, 0.2) is 0 Å². The summed E-state index contributed by atoms with van der Waals surface area (Å²) in [7, 11) is -0.712. The summed E-state index contributed by atoms with van der Waals surface area (Å²) in [4.78, 5) is 15.7. The molecule has 0 bridgehead atoms. The summed E-state index contributed by atoms with van der Waals surface area (Å²) in [5, 5.41) is 3.26. The van der Waals surface area contributed by atoms with Gasteiger partial charge in [-0.3, -0.25) is 14.0 Å². The Labute approximate surface area is 107 Å². The van der Waals surface area contributed by atoms with Crippen LogP contribution in [0.5, 0.6) is 0 Å². The summed E-state index contributed by atoms with van der Waals surface area (Å²) in [6.45, 7) is 0. The van der Waals surface area contributed by atoms with Crippen molar-refractivity contribution in [1.29, 1.82) is 0 Å². The Morgan fingerprint density at radius 2 is 2.18 bits per heavy atom. The normalized spacial score (nSPS) is 24.3. The Bertz CT molecular complexity index is 443. The van der Waals surface area contributed by atoms with Gasteiger partial charge in [0, 0.05) is 40.7 Å². The van der Waals surface area contributed by atoms with Crippen LogP contribution in [0.1, 0.15) is 23.2 Å². The first kappa shape index (κ1) is 12.5. The second-order valence-corrected chi connectivity index (χ2v) is 6.05. The number of carbonyl (C=O) groups excluding carboxylic acids is 1. The van der Waals surface area contributed by atoms with Crippen molar-refractivity contribution in [2.75, 3.05) is 11.5 Å². The van der Waals surface area contributed by atoms with Gasteiger partial charge >= 0.3 is 0 Å². The van der Waals surface area contributed by atoms with Gasteiger partial charge in [-0.05, 0) is 18.9 Å². The fourth-order valence-electron chi connectivity index (χ4n) is 1.76. The fourth-order valence-corrected chi connectivity index (χ4v) is 3.26. The van der Waals surface area contributed by atoms with Crippen molar-refractivity contribution in [3.8, 4) is 0 Å². The van der Waals surface area contributed by atoms with E-state index in [1.165, 1.54) is 12.4 Å². The number of rotatable bonds is 2. The number of pyridine rings is 1. The van der Waals surface area contributed by atoms with Crippen LogP contribution in [0, 0.1) is 0 Å². The van der Waals surface area contributed by atoms with Crippen LogP contribution in [0.15, 0.2) is 18.5 Å². The minimum absolute atomic E-state index is 0.101. The van der Waals surface area contributed by atoms with E-state index < -0.39 is 10.8 Å². The van der Waals surface area contributed by atoms with Crippen molar-refractivity contribution in [2.24, 2.45) is 0 Å². The molecule has 1 fully saturated rings. The number of aromatic nitrogens is 1. The van der Waals surface area contributed by atoms with E-state index in [1.54, 1.807) is 6.07 Å². The van der Waals surface area contributed by atoms with Crippen molar-refractivity contribution in [1.82, 2.24) is 10.3 Å². The minimum atomic E-state index is -0.712. The molecule has 2 rings (SSSR count). The van der Waals surface area contributed by atoms with E-state index in [1.807, 2.05) is 0 Å². The van der Waals surface area contributed by atoms with E-state index in [-0.39, 0.29) is 11.9 Å². The van der Waals surface area contributed by atoms with Gasteiger partial charge in [0.25, 0.3) is 5.91 Å². The molecule has 0 unspecified atom stereocenters. The second kappa shape index (κ2) is 5.60. The summed E-state index contributed by atoms with van der Waals surface area (Å²) in [6.07, 6.45) is 4.52. The zero-order chi connectivity index (χ0) is 12.3. The number of amides is 1. The van der Waals surface area contributed by atoms with Gasteiger partial charge in [0.2, 0.25) is 0 Å². The Morgan fingerprint density at radius 1 is 1.47 bits per heavy atom. The Balaban J connectivity index is 1.98. The SMILES string of the molecule is O=C(NC1CCS(=O)CC1)c1ccncc1Cl. The predicted octanol–water partition coefficient (Wildman–Crippen LogP) is 1.38. The zero-order valence-corrected chi connectivity index (χ0v) is 10.8. The smallest absolute Gasteiger partial charge is 0.253 e. The number of hydrogen-bond acceptors (Lipinski definition) is 3. The average molecular weight is 273 g/mol. The van der Waals surface area contributed by atoms with E-state index in [9.17, 15) is 9.00 Å². The number of hydrogen-bond donors (Lipinski definition) is 1. The molecule has 6 heteroatoms. The molecule has 0 radical (unpaired) electrons. The largest absolute Gasteiger partial charge is 0.349 e. The van der Waals surface area contributed by atoms with E-state index in [2.05, 4.69) is 10.3 Å². The molecule has 1 aromatic heterocycles. The summed E-state index contributed by atoms with van der Waals surface area (Å²) < 4.78 is 11.2. The second-order valence-electron chi connectivity index (χ2n) is 3.95. The number of nitrogens with zero attached hydrogens (tertiary/aromatic N) is 1. The minimum Gasteiger partial charge on any atom is -0.349 e. The van der Waals surface area contributed by atoms with Crippen LogP contribution in [0.3, 0.4) is 0 Å². The van der Waals surface area contributed by atoms with Crippen molar-refractivity contribution < 1.29 is 9.00 Å². The quantitative estimate of drug-likeness (QED) is 0.885. The van der Waals surface area contributed by atoms with Crippen molar-refractivity contribution in [3.05, 3.63) is 29.0 Å². The molecule has 0 saturated carbocycles. The lowest BCUT2D eigenvalue weighted by atomic mass is 10.1. The van der Waals surface area contributed by atoms with Crippen LogP contribution < -0.4 is 5.32 Å². The number of carbonyl (C=O) groups is 1. The third-order valence-corrected chi connectivity index (χ3v) is 4.42. The van der Waals surface area contributed by atoms with Crippen molar-refractivity contribution in [3.63, 3.8) is 0 Å². The van der Waals surface area contributed by atoms with Gasteiger partial charge in [-0.15, -0.1) is 0 Å². The predicted molar refractivity (Wildman–Crippen MR) is 67.6 cm³/mol. The first-order valence-corrected chi connectivity index (χ1v) is 7.29. The third kappa shape index (κ3) is 3.26. The molecule has 4 nitrogen and oxygen atoms in total. The summed E-state index contributed by atoms with van der Waals surface area (Å²) in [5.41, 5.74) is 0.438.